The molecule has 8 rings (SSSR count). The molecule has 0 aliphatic heterocycles. The van der Waals surface area contributed by atoms with E-state index in [9.17, 15) is 0 Å². The molecule has 37 heavy (non-hydrogen) atoms. The van der Waals surface area contributed by atoms with E-state index in [0.29, 0.717) is 0 Å². The number of benzene rings is 5. The van der Waals surface area contributed by atoms with Crippen molar-refractivity contribution in [2.75, 3.05) is 0 Å². The average molecular weight is 489 g/mol. The number of rotatable bonds is 2. The van der Waals surface area contributed by atoms with Gasteiger partial charge >= 0.3 is 0 Å². The Balaban J connectivity index is 1.22. The third-order valence-corrected chi connectivity index (χ3v) is 8.46. The van der Waals surface area contributed by atoms with Gasteiger partial charge in [0.2, 0.25) is 0 Å². The summed E-state index contributed by atoms with van der Waals surface area (Å²) in [5.74, 6) is 0. The molecule has 0 spiro atoms. The van der Waals surface area contributed by atoms with E-state index in [1.54, 1.807) is 0 Å². The molecule has 3 heterocycles. The van der Waals surface area contributed by atoms with Crippen molar-refractivity contribution in [1.29, 1.82) is 0 Å². The van der Waals surface area contributed by atoms with Gasteiger partial charge < -0.3 is 0 Å². The van der Waals surface area contributed by atoms with Crippen molar-refractivity contribution in [3.63, 3.8) is 0 Å². The molecule has 0 fully saturated rings. The first kappa shape index (κ1) is 20.6. The van der Waals surface area contributed by atoms with Gasteiger partial charge in [-0.25, -0.2) is 4.98 Å². The summed E-state index contributed by atoms with van der Waals surface area (Å²) in [6, 6.07) is 41.1. The maximum absolute atomic E-state index is 5.09. The molecule has 0 saturated carbocycles. The summed E-state index contributed by atoms with van der Waals surface area (Å²) in [4.78, 5) is 9.90. The molecular formula is C34H20N2S. The minimum absolute atomic E-state index is 0.944. The smallest absolute Gasteiger partial charge is 0.0972 e. The van der Waals surface area contributed by atoms with Crippen LogP contribution in [0.1, 0.15) is 0 Å². The highest BCUT2D eigenvalue weighted by Gasteiger charge is 2.10. The van der Waals surface area contributed by atoms with Crippen LogP contribution in [0.25, 0.3) is 75.1 Å². The summed E-state index contributed by atoms with van der Waals surface area (Å²) in [6.45, 7) is 0. The van der Waals surface area contributed by atoms with E-state index in [1.807, 2.05) is 17.5 Å². The Labute approximate surface area is 217 Å². The van der Waals surface area contributed by atoms with Crippen molar-refractivity contribution in [2.24, 2.45) is 0 Å². The van der Waals surface area contributed by atoms with Gasteiger partial charge in [-0.15, -0.1) is 11.3 Å². The van der Waals surface area contributed by atoms with Crippen molar-refractivity contribution in [2.45, 2.75) is 0 Å². The van der Waals surface area contributed by atoms with E-state index in [-0.39, 0.29) is 0 Å². The molecule has 8 aromatic rings. The van der Waals surface area contributed by atoms with Gasteiger partial charge in [0.1, 0.15) is 0 Å². The summed E-state index contributed by atoms with van der Waals surface area (Å²) in [5, 5.41) is 7.25. The van der Waals surface area contributed by atoms with Crippen molar-refractivity contribution >= 4 is 64.1 Å². The summed E-state index contributed by atoms with van der Waals surface area (Å²) in [7, 11) is 0. The summed E-state index contributed by atoms with van der Waals surface area (Å²) < 4.78 is 2.66. The molecule has 0 bridgehead atoms. The van der Waals surface area contributed by atoms with Crippen LogP contribution < -0.4 is 0 Å². The topological polar surface area (TPSA) is 25.8 Å². The Morgan fingerprint density at radius 1 is 0.459 bits per heavy atom. The molecule has 172 valence electrons. The molecule has 3 heteroatoms. The minimum atomic E-state index is 0.944. The Bertz CT molecular complexity index is 2140. The zero-order chi connectivity index (χ0) is 24.3. The van der Waals surface area contributed by atoms with Crippen molar-refractivity contribution in [3.8, 4) is 22.4 Å². The first-order chi connectivity index (χ1) is 18.3. The highest BCUT2D eigenvalue weighted by Crippen LogP contribution is 2.37. The SMILES string of the molecule is c1ccc2c(c1)cnc1c2ccc2ccc(-c3ccc(-c4ccc5sc6ccccc6c5c4)cc3)nc21. The monoisotopic (exact) mass is 488 g/mol. The highest BCUT2D eigenvalue weighted by atomic mass is 32.1. The standard InChI is InChI=1S/C34H20N2S/c1-2-6-26-25(5-1)20-35-34-28(26)16-13-23-14-17-30(36-33(23)34)22-11-9-21(10-12-22)24-15-18-32-29(19-24)27-7-3-4-8-31(27)37-32/h1-20H. The van der Waals surface area contributed by atoms with Crippen LogP contribution in [0.15, 0.2) is 121 Å². The lowest BCUT2D eigenvalue weighted by atomic mass is 10.00. The first-order valence-electron chi connectivity index (χ1n) is 12.4. The average Bonchev–Trinajstić information content (AvgIpc) is 3.34. The third-order valence-electron chi connectivity index (χ3n) is 7.31. The zero-order valence-corrected chi connectivity index (χ0v) is 20.7. The maximum Gasteiger partial charge on any atom is 0.0972 e. The number of aromatic nitrogens is 2. The van der Waals surface area contributed by atoms with Gasteiger partial charge in [0.25, 0.3) is 0 Å². The molecule has 0 radical (unpaired) electrons. The summed E-state index contributed by atoms with van der Waals surface area (Å²) >= 11 is 1.85. The van der Waals surface area contributed by atoms with Gasteiger partial charge in [0, 0.05) is 48.1 Å². The van der Waals surface area contributed by atoms with E-state index >= 15 is 0 Å². The van der Waals surface area contributed by atoms with E-state index in [1.165, 1.54) is 36.7 Å². The lowest BCUT2D eigenvalue weighted by molar-refractivity contribution is 1.38. The lowest BCUT2D eigenvalue weighted by Gasteiger charge is -2.09. The number of nitrogens with zero attached hydrogens (tertiary/aromatic N) is 2. The number of hydrogen-bond acceptors (Lipinski definition) is 3. The zero-order valence-electron chi connectivity index (χ0n) is 19.8. The van der Waals surface area contributed by atoms with Gasteiger partial charge in [-0.3, -0.25) is 4.98 Å². The quantitative estimate of drug-likeness (QED) is 0.226. The maximum atomic E-state index is 5.09. The number of thiophene rings is 1. The second-order valence-corrected chi connectivity index (χ2v) is 10.5. The minimum Gasteiger partial charge on any atom is -0.253 e. The van der Waals surface area contributed by atoms with Crippen LogP contribution in [0, 0.1) is 0 Å². The van der Waals surface area contributed by atoms with E-state index in [4.69, 9.17) is 9.97 Å². The van der Waals surface area contributed by atoms with Crippen LogP contribution in [0.2, 0.25) is 0 Å². The molecule has 0 saturated heterocycles. The number of pyridine rings is 2. The third kappa shape index (κ3) is 3.25. The van der Waals surface area contributed by atoms with Crippen LogP contribution in [-0.2, 0) is 0 Å². The molecule has 0 aliphatic carbocycles. The molecule has 2 nitrogen and oxygen atoms in total. The highest BCUT2D eigenvalue weighted by molar-refractivity contribution is 7.25. The van der Waals surface area contributed by atoms with Crippen molar-refractivity contribution in [1.82, 2.24) is 9.97 Å². The van der Waals surface area contributed by atoms with Crippen LogP contribution in [-0.4, -0.2) is 9.97 Å². The molecule has 0 unspecified atom stereocenters. The second kappa shape index (κ2) is 7.95. The summed E-state index contributed by atoms with van der Waals surface area (Å²) in [6.07, 6.45) is 1.95. The molecule has 3 aromatic heterocycles. The number of hydrogen-bond donors (Lipinski definition) is 0. The molecular weight excluding hydrogens is 468 g/mol. The Morgan fingerprint density at radius 3 is 2.11 bits per heavy atom. The lowest BCUT2D eigenvalue weighted by Crippen LogP contribution is -1.90. The molecule has 0 amide bonds. The van der Waals surface area contributed by atoms with Crippen LogP contribution in [0.3, 0.4) is 0 Å². The van der Waals surface area contributed by atoms with Gasteiger partial charge in [0.15, 0.2) is 0 Å². The number of fused-ring (bicyclic) bond motifs is 8. The van der Waals surface area contributed by atoms with Crippen LogP contribution in [0.4, 0.5) is 0 Å². The van der Waals surface area contributed by atoms with Gasteiger partial charge in [-0.2, -0.15) is 0 Å². The molecule has 0 atom stereocenters. The van der Waals surface area contributed by atoms with E-state index in [0.717, 1.165) is 38.4 Å². The van der Waals surface area contributed by atoms with Crippen molar-refractivity contribution in [3.05, 3.63) is 121 Å². The second-order valence-electron chi connectivity index (χ2n) is 9.46. The van der Waals surface area contributed by atoms with Gasteiger partial charge in [-0.05, 0) is 40.8 Å². The van der Waals surface area contributed by atoms with Gasteiger partial charge in [0.05, 0.1) is 16.7 Å². The Morgan fingerprint density at radius 2 is 1.19 bits per heavy atom. The summed E-state index contributed by atoms with van der Waals surface area (Å²) in [5.41, 5.74) is 6.40. The van der Waals surface area contributed by atoms with Gasteiger partial charge in [-0.1, -0.05) is 91.0 Å². The molecule has 5 aromatic carbocycles. The predicted octanol–water partition coefficient (Wildman–Crippen LogP) is 9.64. The Hall–Kier alpha value is -4.60. The normalized spacial score (nSPS) is 11.8. The molecule has 0 aliphatic rings. The van der Waals surface area contributed by atoms with Crippen LogP contribution >= 0.6 is 11.3 Å². The Kier molecular flexibility index (Phi) is 4.42. The fraction of sp³-hybridized carbons (Fsp3) is 0. The predicted molar refractivity (Wildman–Crippen MR) is 158 cm³/mol. The molecule has 0 N–H and O–H groups in total. The van der Waals surface area contributed by atoms with E-state index < -0.39 is 0 Å². The fourth-order valence-corrected chi connectivity index (χ4v) is 6.50. The van der Waals surface area contributed by atoms with Crippen molar-refractivity contribution < 1.29 is 0 Å². The fourth-order valence-electron chi connectivity index (χ4n) is 5.41. The van der Waals surface area contributed by atoms with E-state index in [2.05, 4.69) is 115 Å². The first-order valence-corrected chi connectivity index (χ1v) is 13.2. The van der Waals surface area contributed by atoms with Crippen LogP contribution in [0.5, 0.6) is 0 Å². The largest absolute Gasteiger partial charge is 0.253 e.